The molecule has 148 valence electrons. The molecule has 6 nitrogen and oxygen atoms in total. The lowest BCUT2D eigenvalue weighted by Gasteiger charge is -2.11. The van der Waals surface area contributed by atoms with Crippen LogP contribution in [0, 0.1) is 11.6 Å². The van der Waals surface area contributed by atoms with Gasteiger partial charge in [0.2, 0.25) is 0 Å². The zero-order valence-electron chi connectivity index (χ0n) is 15.1. The summed E-state index contributed by atoms with van der Waals surface area (Å²) in [6.45, 7) is -0.363. The van der Waals surface area contributed by atoms with Gasteiger partial charge in [0.1, 0.15) is 28.8 Å². The first-order chi connectivity index (χ1) is 13.9. The second-order valence-corrected chi connectivity index (χ2v) is 6.28. The molecular weight excluding hydrogens is 404 g/mol. The molecule has 2 heterocycles. The van der Waals surface area contributed by atoms with E-state index in [1.165, 1.54) is 43.6 Å². The number of carbonyl (C=O) groups is 2. The van der Waals surface area contributed by atoms with Gasteiger partial charge in [-0.2, -0.15) is 0 Å². The van der Waals surface area contributed by atoms with Crippen molar-refractivity contribution in [1.82, 2.24) is 15.3 Å². The number of amides is 1. The van der Waals surface area contributed by atoms with Gasteiger partial charge in [0, 0.05) is 11.8 Å². The van der Waals surface area contributed by atoms with Gasteiger partial charge in [-0.1, -0.05) is 11.6 Å². The van der Waals surface area contributed by atoms with Crippen molar-refractivity contribution in [3.05, 3.63) is 76.7 Å². The topological polar surface area (TPSA) is 81.2 Å². The highest BCUT2D eigenvalue weighted by molar-refractivity contribution is 6.31. The standard InChI is InChI=1S/C20H14ClF2N3O3/c1-29-18-5-4-16(26-19(18)11-2-3-15(23)14(21)7-11)17(27)10-25-20(28)12-6-13(22)9-24-8-12/h2-9H,10H2,1H3,(H,25,28). The molecule has 0 aliphatic rings. The van der Waals surface area contributed by atoms with E-state index in [0.29, 0.717) is 17.0 Å². The number of halogens is 3. The number of Topliss-reactive ketones (excluding diaryl/α,β-unsaturated/α-hetero) is 1. The molecule has 3 aromatic rings. The van der Waals surface area contributed by atoms with E-state index in [1.807, 2.05) is 0 Å². The maximum absolute atomic E-state index is 13.4. The first kappa shape index (κ1) is 20.3. The summed E-state index contributed by atoms with van der Waals surface area (Å²) in [5.41, 5.74) is 0.791. The number of carbonyl (C=O) groups excluding carboxylic acids is 2. The van der Waals surface area contributed by atoms with E-state index in [1.54, 1.807) is 0 Å². The predicted molar refractivity (Wildman–Crippen MR) is 102 cm³/mol. The summed E-state index contributed by atoms with van der Waals surface area (Å²) in [5, 5.41) is 2.29. The van der Waals surface area contributed by atoms with Crippen molar-refractivity contribution in [1.29, 1.82) is 0 Å². The lowest BCUT2D eigenvalue weighted by Crippen LogP contribution is -2.30. The zero-order chi connectivity index (χ0) is 21.0. The number of nitrogens with zero attached hydrogens (tertiary/aromatic N) is 2. The summed E-state index contributed by atoms with van der Waals surface area (Å²) >= 11 is 5.83. The molecule has 9 heteroatoms. The van der Waals surface area contributed by atoms with Crippen molar-refractivity contribution in [2.45, 2.75) is 0 Å². The van der Waals surface area contributed by atoms with Gasteiger partial charge in [0.25, 0.3) is 5.91 Å². The SMILES string of the molecule is COc1ccc(C(=O)CNC(=O)c2cncc(F)c2)nc1-c1ccc(F)c(Cl)c1. The molecule has 0 saturated heterocycles. The molecule has 0 spiro atoms. The van der Waals surface area contributed by atoms with Crippen LogP contribution in [0.4, 0.5) is 8.78 Å². The summed E-state index contributed by atoms with van der Waals surface area (Å²) in [7, 11) is 1.43. The molecule has 1 amide bonds. The summed E-state index contributed by atoms with van der Waals surface area (Å²) in [6.07, 6.45) is 2.15. The van der Waals surface area contributed by atoms with Gasteiger partial charge in [-0.05, 0) is 36.4 Å². The van der Waals surface area contributed by atoms with Crippen molar-refractivity contribution in [3.63, 3.8) is 0 Å². The van der Waals surface area contributed by atoms with Crippen LogP contribution in [0.15, 0.2) is 48.8 Å². The normalized spacial score (nSPS) is 10.5. The van der Waals surface area contributed by atoms with Crippen LogP contribution in [-0.2, 0) is 0 Å². The fourth-order valence-corrected chi connectivity index (χ4v) is 2.69. The molecule has 0 unspecified atom stereocenters. The quantitative estimate of drug-likeness (QED) is 0.618. The number of nitrogens with one attached hydrogen (secondary N) is 1. The maximum Gasteiger partial charge on any atom is 0.253 e. The van der Waals surface area contributed by atoms with E-state index in [2.05, 4.69) is 15.3 Å². The zero-order valence-corrected chi connectivity index (χ0v) is 15.8. The monoisotopic (exact) mass is 417 g/mol. The predicted octanol–water partition coefficient (Wildman–Crippen LogP) is 3.70. The van der Waals surface area contributed by atoms with Gasteiger partial charge >= 0.3 is 0 Å². The maximum atomic E-state index is 13.4. The summed E-state index contributed by atoms with van der Waals surface area (Å²) in [6, 6.07) is 7.99. The summed E-state index contributed by atoms with van der Waals surface area (Å²) < 4.78 is 31.8. The number of ketones is 1. The van der Waals surface area contributed by atoms with Gasteiger partial charge in [-0.25, -0.2) is 13.8 Å². The van der Waals surface area contributed by atoms with E-state index in [9.17, 15) is 18.4 Å². The minimum Gasteiger partial charge on any atom is -0.494 e. The average Bonchev–Trinajstić information content (AvgIpc) is 2.73. The molecule has 0 saturated carbocycles. The van der Waals surface area contributed by atoms with Gasteiger partial charge < -0.3 is 10.1 Å². The molecule has 1 N–H and O–H groups in total. The van der Waals surface area contributed by atoms with Crippen LogP contribution in [0.25, 0.3) is 11.3 Å². The number of benzene rings is 1. The summed E-state index contributed by atoms with van der Waals surface area (Å²) in [4.78, 5) is 32.3. The second kappa shape index (κ2) is 8.74. The lowest BCUT2D eigenvalue weighted by atomic mass is 10.1. The van der Waals surface area contributed by atoms with E-state index in [-0.39, 0.29) is 22.8 Å². The molecule has 2 aromatic heterocycles. The molecular formula is C20H14ClF2N3O3. The van der Waals surface area contributed by atoms with E-state index in [4.69, 9.17) is 16.3 Å². The molecule has 0 fully saturated rings. The molecule has 3 rings (SSSR count). The second-order valence-electron chi connectivity index (χ2n) is 5.87. The Bertz CT molecular complexity index is 1090. The third-order valence-electron chi connectivity index (χ3n) is 3.93. The molecule has 0 radical (unpaired) electrons. The third-order valence-corrected chi connectivity index (χ3v) is 4.22. The fourth-order valence-electron chi connectivity index (χ4n) is 2.51. The highest BCUT2D eigenvalue weighted by Crippen LogP contribution is 2.30. The lowest BCUT2D eigenvalue weighted by molar-refractivity contribution is 0.0901. The molecule has 0 aliphatic carbocycles. The highest BCUT2D eigenvalue weighted by atomic mass is 35.5. The number of aromatic nitrogens is 2. The first-order valence-electron chi connectivity index (χ1n) is 8.31. The number of hydrogen-bond donors (Lipinski definition) is 1. The molecule has 0 aliphatic heterocycles. The number of pyridine rings is 2. The Morgan fingerprint density at radius 2 is 1.93 bits per heavy atom. The number of rotatable bonds is 6. The Labute approximate surface area is 169 Å². The Hall–Kier alpha value is -3.39. The van der Waals surface area contributed by atoms with Crippen molar-refractivity contribution in [3.8, 4) is 17.0 Å². The van der Waals surface area contributed by atoms with Crippen molar-refractivity contribution in [2.75, 3.05) is 13.7 Å². The van der Waals surface area contributed by atoms with Crippen LogP contribution in [0.2, 0.25) is 5.02 Å². The number of hydrogen-bond acceptors (Lipinski definition) is 5. The van der Waals surface area contributed by atoms with Gasteiger partial charge in [-0.15, -0.1) is 0 Å². The van der Waals surface area contributed by atoms with Crippen molar-refractivity contribution < 1.29 is 23.1 Å². The highest BCUT2D eigenvalue weighted by Gasteiger charge is 2.16. The van der Waals surface area contributed by atoms with E-state index >= 15 is 0 Å². The molecule has 29 heavy (non-hydrogen) atoms. The smallest absolute Gasteiger partial charge is 0.253 e. The van der Waals surface area contributed by atoms with Crippen molar-refractivity contribution >= 4 is 23.3 Å². The summed E-state index contributed by atoms with van der Waals surface area (Å²) in [5.74, 6) is -2.03. The minimum absolute atomic E-state index is 0.0119. The van der Waals surface area contributed by atoms with Crippen LogP contribution in [0.1, 0.15) is 20.8 Å². The fraction of sp³-hybridized carbons (Fsp3) is 0.100. The van der Waals surface area contributed by atoms with Gasteiger partial charge in [-0.3, -0.25) is 14.6 Å². The largest absolute Gasteiger partial charge is 0.494 e. The van der Waals surface area contributed by atoms with Crippen LogP contribution in [-0.4, -0.2) is 35.3 Å². The van der Waals surface area contributed by atoms with Crippen LogP contribution in [0.3, 0.4) is 0 Å². The number of ether oxygens (including phenoxy) is 1. The molecule has 1 aromatic carbocycles. The van der Waals surface area contributed by atoms with E-state index in [0.717, 1.165) is 12.3 Å². The minimum atomic E-state index is -0.664. The van der Waals surface area contributed by atoms with Crippen LogP contribution >= 0.6 is 11.6 Å². The third kappa shape index (κ3) is 4.72. The van der Waals surface area contributed by atoms with Crippen molar-refractivity contribution in [2.24, 2.45) is 0 Å². The first-order valence-corrected chi connectivity index (χ1v) is 8.69. The Morgan fingerprint density at radius 3 is 2.62 bits per heavy atom. The number of methoxy groups -OCH3 is 1. The van der Waals surface area contributed by atoms with Gasteiger partial charge in [0.15, 0.2) is 5.78 Å². The molecule has 0 atom stereocenters. The van der Waals surface area contributed by atoms with Crippen LogP contribution < -0.4 is 10.1 Å². The van der Waals surface area contributed by atoms with E-state index < -0.39 is 23.3 Å². The molecule has 0 bridgehead atoms. The average molecular weight is 418 g/mol. The van der Waals surface area contributed by atoms with Crippen LogP contribution in [0.5, 0.6) is 5.75 Å². The van der Waals surface area contributed by atoms with Gasteiger partial charge in [0.05, 0.1) is 30.4 Å². The Kier molecular flexibility index (Phi) is 6.13. The Morgan fingerprint density at radius 1 is 1.14 bits per heavy atom. The Balaban J connectivity index is 1.80.